The summed E-state index contributed by atoms with van der Waals surface area (Å²) in [6.45, 7) is 5.27. The molecule has 0 aliphatic carbocycles. The minimum absolute atomic E-state index is 0.0197. The molecule has 0 radical (unpaired) electrons. The summed E-state index contributed by atoms with van der Waals surface area (Å²) >= 11 is 0. The summed E-state index contributed by atoms with van der Waals surface area (Å²) in [6.07, 6.45) is 0. The van der Waals surface area contributed by atoms with Crippen molar-refractivity contribution in [1.29, 1.82) is 0 Å². The largest absolute Gasteiger partial charge is 0.494 e. The number of likely N-dealkylation sites (N-methyl/N-ethyl adjacent to an activating group) is 1. The maximum atomic E-state index is 13.8. The maximum absolute atomic E-state index is 13.8. The van der Waals surface area contributed by atoms with Gasteiger partial charge in [0.1, 0.15) is 0 Å². The SMILES string of the molecule is CCN(CC)S(=O)(=O)c1ccc(C)c(C(=O)OCC(=O)N(C)Cc2ccc(OC)c(F)c2)c1. The number of amides is 1. The molecular weight excluding hydrogens is 451 g/mol. The van der Waals surface area contributed by atoms with Gasteiger partial charge in [-0.05, 0) is 42.3 Å². The zero-order chi connectivity index (χ0) is 24.8. The summed E-state index contributed by atoms with van der Waals surface area (Å²) in [6, 6.07) is 8.58. The Kier molecular flexibility index (Phi) is 8.95. The van der Waals surface area contributed by atoms with Crippen molar-refractivity contribution >= 4 is 21.9 Å². The normalized spacial score (nSPS) is 11.4. The molecule has 0 atom stereocenters. The lowest BCUT2D eigenvalue weighted by atomic mass is 10.1. The predicted molar refractivity (Wildman–Crippen MR) is 121 cm³/mol. The van der Waals surface area contributed by atoms with Gasteiger partial charge in [-0.2, -0.15) is 4.31 Å². The number of rotatable bonds is 10. The number of halogens is 1. The quantitative estimate of drug-likeness (QED) is 0.486. The third-order valence-electron chi connectivity index (χ3n) is 5.16. The molecular formula is C23H29FN2O6S. The number of benzene rings is 2. The second kappa shape index (κ2) is 11.2. The van der Waals surface area contributed by atoms with Crippen LogP contribution in [0.1, 0.15) is 35.3 Å². The van der Waals surface area contributed by atoms with E-state index in [0.717, 1.165) is 0 Å². The fourth-order valence-electron chi connectivity index (χ4n) is 3.18. The molecule has 2 rings (SSSR count). The van der Waals surface area contributed by atoms with Crippen molar-refractivity contribution in [2.45, 2.75) is 32.2 Å². The van der Waals surface area contributed by atoms with Crippen LogP contribution in [-0.4, -0.2) is 63.4 Å². The molecule has 0 spiro atoms. The van der Waals surface area contributed by atoms with E-state index in [-0.39, 0.29) is 22.8 Å². The Morgan fingerprint density at radius 3 is 2.30 bits per heavy atom. The van der Waals surface area contributed by atoms with E-state index in [9.17, 15) is 22.4 Å². The monoisotopic (exact) mass is 480 g/mol. The molecule has 0 aliphatic rings. The molecule has 180 valence electrons. The molecule has 0 saturated carbocycles. The number of hydrogen-bond acceptors (Lipinski definition) is 6. The van der Waals surface area contributed by atoms with E-state index in [1.54, 1.807) is 26.8 Å². The van der Waals surface area contributed by atoms with Gasteiger partial charge in [0.15, 0.2) is 18.2 Å². The summed E-state index contributed by atoms with van der Waals surface area (Å²) in [5, 5.41) is 0. The van der Waals surface area contributed by atoms with Gasteiger partial charge in [0.25, 0.3) is 5.91 Å². The number of esters is 1. The number of nitrogens with zero attached hydrogens (tertiary/aromatic N) is 2. The van der Waals surface area contributed by atoms with Gasteiger partial charge in [-0.1, -0.05) is 26.0 Å². The molecule has 0 heterocycles. The van der Waals surface area contributed by atoms with Gasteiger partial charge < -0.3 is 14.4 Å². The number of carbonyl (C=O) groups is 2. The van der Waals surface area contributed by atoms with Crippen molar-refractivity contribution in [1.82, 2.24) is 9.21 Å². The molecule has 0 bridgehead atoms. The minimum Gasteiger partial charge on any atom is -0.494 e. The van der Waals surface area contributed by atoms with Gasteiger partial charge in [-0.3, -0.25) is 4.79 Å². The van der Waals surface area contributed by atoms with E-state index >= 15 is 0 Å². The Morgan fingerprint density at radius 1 is 1.06 bits per heavy atom. The molecule has 8 nitrogen and oxygen atoms in total. The van der Waals surface area contributed by atoms with Crippen molar-refractivity contribution in [3.05, 3.63) is 58.9 Å². The second-order valence-corrected chi connectivity index (χ2v) is 9.30. The zero-order valence-corrected chi connectivity index (χ0v) is 20.2. The summed E-state index contributed by atoms with van der Waals surface area (Å²) in [5.74, 6) is -1.75. The molecule has 2 aromatic rings. The van der Waals surface area contributed by atoms with Crippen LogP contribution in [0.4, 0.5) is 4.39 Å². The Hall–Kier alpha value is -2.98. The summed E-state index contributed by atoms with van der Waals surface area (Å²) < 4.78 is 50.6. The average Bonchev–Trinajstić information content (AvgIpc) is 2.78. The van der Waals surface area contributed by atoms with Crippen molar-refractivity contribution < 1.29 is 31.9 Å². The third kappa shape index (κ3) is 6.29. The highest BCUT2D eigenvalue weighted by molar-refractivity contribution is 7.89. The van der Waals surface area contributed by atoms with Crippen molar-refractivity contribution in [2.75, 3.05) is 33.9 Å². The lowest BCUT2D eigenvalue weighted by Crippen LogP contribution is -2.31. The number of sulfonamides is 1. The van der Waals surface area contributed by atoms with Crippen LogP contribution in [0.5, 0.6) is 5.75 Å². The molecule has 0 unspecified atom stereocenters. The minimum atomic E-state index is -3.75. The summed E-state index contributed by atoms with van der Waals surface area (Å²) in [5.41, 5.74) is 1.13. The van der Waals surface area contributed by atoms with E-state index in [1.165, 1.54) is 53.7 Å². The molecule has 1 amide bonds. The van der Waals surface area contributed by atoms with Crippen LogP contribution in [0.3, 0.4) is 0 Å². The van der Waals surface area contributed by atoms with Gasteiger partial charge in [0, 0.05) is 26.7 Å². The predicted octanol–water partition coefficient (Wildman–Crippen LogP) is 2.99. The maximum Gasteiger partial charge on any atom is 0.338 e. The van der Waals surface area contributed by atoms with Crippen LogP contribution in [-0.2, 0) is 26.1 Å². The van der Waals surface area contributed by atoms with E-state index in [2.05, 4.69) is 0 Å². The van der Waals surface area contributed by atoms with Crippen molar-refractivity contribution in [3.63, 3.8) is 0 Å². The zero-order valence-electron chi connectivity index (χ0n) is 19.4. The first-order valence-electron chi connectivity index (χ1n) is 10.4. The average molecular weight is 481 g/mol. The molecule has 33 heavy (non-hydrogen) atoms. The third-order valence-corrected chi connectivity index (χ3v) is 7.21. The van der Waals surface area contributed by atoms with Gasteiger partial charge in [0.05, 0.1) is 17.6 Å². The summed E-state index contributed by atoms with van der Waals surface area (Å²) in [7, 11) is -0.891. The van der Waals surface area contributed by atoms with Crippen LogP contribution in [0, 0.1) is 12.7 Å². The topological polar surface area (TPSA) is 93.2 Å². The molecule has 2 aromatic carbocycles. The Morgan fingerprint density at radius 2 is 1.73 bits per heavy atom. The van der Waals surface area contributed by atoms with Crippen molar-refractivity contribution in [2.24, 2.45) is 0 Å². The number of methoxy groups -OCH3 is 1. The van der Waals surface area contributed by atoms with Crippen LogP contribution in [0.15, 0.2) is 41.3 Å². The number of carbonyl (C=O) groups excluding carboxylic acids is 2. The number of ether oxygens (including phenoxy) is 2. The Bertz CT molecular complexity index is 1120. The van der Waals surface area contributed by atoms with Gasteiger partial charge in [-0.25, -0.2) is 17.6 Å². The van der Waals surface area contributed by atoms with Crippen LogP contribution >= 0.6 is 0 Å². The summed E-state index contributed by atoms with van der Waals surface area (Å²) in [4.78, 5) is 26.3. The van der Waals surface area contributed by atoms with Crippen LogP contribution in [0.25, 0.3) is 0 Å². The highest BCUT2D eigenvalue weighted by Gasteiger charge is 2.24. The van der Waals surface area contributed by atoms with E-state index in [0.29, 0.717) is 24.2 Å². The second-order valence-electron chi connectivity index (χ2n) is 7.36. The fourth-order valence-corrected chi connectivity index (χ4v) is 4.66. The first-order valence-corrected chi connectivity index (χ1v) is 11.8. The number of hydrogen-bond donors (Lipinski definition) is 0. The van der Waals surface area contributed by atoms with Gasteiger partial charge in [-0.15, -0.1) is 0 Å². The standard InChI is InChI=1S/C23H29FN2O6S/c1-6-26(7-2)33(29,30)18-10-8-16(3)19(13-18)23(28)32-15-22(27)25(4)14-17-9-11-21(31-5)20(24)12-17/h8-13H,6-7,14-15H2,1-5H3. The van der Waals surface area contributed by atoms with Gasteiger partial charge in [0.2, 0.25) is 10.0 Å². The van der Waals surface area contributed by atoms with E-state index in [4.69, 9.17) is 9.47 Å². The van der Waals surface area contributed by atoms with Crippen LogP contribution in [0.2, 0.25) is 0 Å². The molecule has 0 aromatic heterocycles. The highest BCUT2D eigenvalue weighted by Crippen LogP contribution is 2.21. The smallest absolute Gasteiger partial charge is 0.338 e. The van der Waals surface area contributed by atoms with Gasteiger partial charge >= 0.3 is 5.97 Å². The molecule has 0 aliphatic heterocycles. The van der Waals surface area contributed by atoms with Crippen LogP contribution < -0.4 is 4.74 Å². The Balaban J connectivity index is 2.07. The first kappa shape index (κ1) is 26.3. The first-order chi connectivity index (χ1) is 15.5. The van der Waals surface area contributed by atoms with E-state index < -0.39 is 34.3 Å². The molecule has 0 fully saturated rings. The molecule has 0 saturated heterocycles. The van der Waals surface area contributed by atoms with Crippen molar-refractivity contribution in [3.8, 4) is 5.75 Å². The highest BCUT2D eigenvalue weighted by atomic mass is 32.2. The molecule has 0 N–H and O–H groups in total. The number of aryl methyl sites for hydroxylation is 1. The lowest BCUT2D eigenvalue weighted by Gasteiger charge is -2.19. The fraction of sp³-hybridized carbons (Fsp3) is 0.391. The lowest BCUT2D eigenvalue weighted by molar-refractivity contribution is -0.133. The Labute approximate surface area is 193 Å². The van der Waals surface area contributed by atoms with E-state index in [1.807, 2.05) is 0 Å². The molecule has 10 heteroatoms.